The minimum absolute atomic E-state index is 0.0231. The molecule has 100 valence electrons. The van der Waals surface area contributed by atoms with Crippen LogP contribution in [-0.4, -0.2) is 7.05 Å². The van der Waals surface area contributed by atoms with Crippen LogP contribution < -0.4 is 5.32 Å². The van der Waals surface area contributed by atoms with Gasteiger partial charge in [-0.15, -0.1) is 0 Å². The summed E-state index contributed by atoms with van der Waals surface area (Å²) in [6, 6.07) is 8.86. The van der Waals surface area contributed by atoms with E-state index in [0.29, 0.717) is 0 Å². The van der Waals surface area contributed by atoms with Crippen molar-refractivity contribution in [3.8, 4) is 0 Å². The van der Waals surface area contributed by atoms with Gasteiger partial charge in [-0.05, 0) is 42.9 Å². The maximum Gasteiger partial charge on any atom is 0.131 e. The zero-order valence-corrected chi connectivity index (χ0v) is 13.2. The summed E-state index contributed by atoms with van der Waals surface area (Å²) in [5.74, 6) is -1.12. The lowest BCUT2D eigenvalue weighted by atomic mass is 9.98. The van der Waals surface area contributed by atoms with Gasteiger partial charge in [-0.1, -0.05) is 37.9 Å². The molecule has 0 aromatic heterocycles. The third-order valence-corrected chi connectivity index (χ3v) is 3.71. The van der Waals surface area contributed by atoms with Crippen molar-refractivity contribution < 1.29 is 8.78 Å². The van der Waals surface area contributed by atoms with E-state index in [-0.39, 0.29) is 5.56 Å². The second-order valence-electron chi connectivity index (χ2n) is 4.06. The highest BCUT2D eigenvalue weighted by Crippen LogP contribution is 2.30. The molecule has 1 nitrogen and oxygen atoms in total. The van der Waals surface area contributed by atoms with Crippen LogP contribution in [0.5, 0.6) is 0 Å². The van der Waals surface area contributed by atoms with Crippen LogP contribution in [0.2, 0.25) is 0 Å². The van der Waals surface area contributed by atoms with Gasteiger partial charge in [0.05, 0.1) is 6.04 Å². The summed E-state index contributed by atoms with van der Waals surface area (Å²) >= 11 is 6.75. The fraction of sp³-hybridized carbons (Fsp3) is 0.143. The van der Waals surface area contributed by atoms with Gasteiger partial charge in [0, 0.05) is 14.5 Å². The Hall–Kier alpha value is -0.780. The fourth-order valence-electron chi connectivity index (χ4n) is 2.01. The monoisotopic (exact) mass is 389 g/mol. The molecule has 0 saturated carbocycles. The molecule has 0 bridgehead atoms. The largest absolute Gasteiger partial charge is 0.309 e. The topological polar surface area (TPSA) is 12.0 Å². The third-order valence-electron chi connectivity index (χ3n) is 2.80. The van der Waals surface area contributed by atoms with Crippen LogP contribution in [0.1, 0.15) is 17.2 Å². The van der Waals surface area contributed by atoms with Crippen molar-refractivity contribution in [3.05, 3.63) is 68.1 Å². The van der Waals surface area contributed by atoms with Gasteiger partial charge in [0.2, 0.25) is 0 Å². The minimum Gasteiger partial charge on any atom is -0.309 e. The highest BCUT2D eigenvalue weighted by molar-refractivity contribution is 9.11. The standard InChI is InChI=1S/C14H11Br2F2N/c1-19-14(8-5-9(15)7-10(16)6-8)13-11(17)3-2-4-12(13)18/h2-7,14,19H,1H3. The molecule has 1 N–H and O–H groups in total. The molecule has 0 heterocycles. The number of hydrogen-bond donors (Lipinski definition) is 1. The molecule has 0 aliphatic rings. The Kier molecular flexibility index (Phi) is 4.71. The van der Waals surface area contributed by atoms with E-state index in [9.17, 15) is 8.78 Å². The quantitative estimate of drug-likeness (QED) is 0.793. The van der Waals surface area contributed by atoms with E-state index in [4.69, 9.17) is 0 Å². The van der Waals surface area contributed by atoms with E-state index in [1.807, 2.05) is 18.2 Å². The fourth-order valence-corrected chi connectivity index (χ4v) is 3.34. The Morgan fingerprint density at radius 2 is 1.53 bits per heavy atom. The van der Waals surface area contributed by atoms with Crippen LogP contribution in [0.3, 0.4) is 0 Å². The van der Waals surface area contributed by atoms with Crippen LogP contribution >= 0.6 is 31.9 Å². The van der Waals surface area contributed by atoms with Gasteiger partial charge >= 0.3 is 0 Å². The molecule has 0 amide bonds. The number of nitrogens with one attached hydrogen (secondary N) is 1. The van der Waals surface area contributed by atoms with Crippen molar-refractivity contribution in [1.82, 2.24) is 5.32 Å². The first kappa shape index (κ1) is 14.6. The van der Waals surface area contributed by atoms with Gasteiger partial charge in [0.1, 0.15) is 11.6 Å². The second kappa shape index (κ2) is 6.11. The summed E-state index contributed by atoms with van der Waals surface area (Å²) in [4.78, 5) is 0. The number of benzene rings is 2. The summed E-state index contributed by atoms with van der Waals surface area (Å²) in [6.07, 6.45) is 0. The molecule has 19 heavy (non-hydrogen) atoms. The van der Waals surface area contributed by atoms with Gasteiger partial charge in [0.25, 0.3) is 0 Å². The highest BCUT2D eigenvalue weighted by atomic mass is 79.9. The molecule has 0 radical (unpaired) electrons. The lowest BCUT2D eigenvalue weighted by Crippen LogP contribution is -2.20. The Balaban J connectivity index is 2.56. The van der Waals surface area contributed by atoms with E-state index in [1.165, 1.54) is 18.2 Å². The maximum atomic E-state index is 13.9. The number of halogens is 4. The van der Waals surface area contributed by atoms with Crippen LogP contribution in [-0.2, 0) is 0 Å². The van der Waals surface area contributed by atoms with Crippen LogP contribution in [0, 0.1) is 11.6 Å². The maximum absolute atomic E-state index is 13.9. The molecule has 5 heteroatoms. The molecule has 0 aliphatic heterocycles. The van der Waals surface area contributed by atoms with E-state index in [1.54, 1.807) is 7.05 Å². The molecule has 2 aromatic carbocycles. The molecule has 0 fully saturated rings. The van der Waals surface area contributed by atoms with Crippen LogP contribution in [0.15, 0.2) is 45.3 Å². The summed E-state index contributed by atoms with van der Waals surface area (Å²) < 4.78 is 29.4. The Bertz CT molecular complexity index is 561. The average molecular weight is 391 g/mol. The normalized spacial score (nSPS) is 12.5. The Labute approximate surface area is 127 Å². The average Bonchev–Trinajstić information content (AvgIpc) is 2.32. The summed E-state index contributed by atoms with van der Waals surface area (Å²) in [7, 11) is 1.67. The first-order valence-corrected chi connectivity index (χ1v) is 7.18. The highest BCUT2D eigenvalue weighted by Gasteiger charge is 2.20. The number of hydrogen-bond acceptors (Lipinski definition) is 1. The zero-order valence-electron chi connectivity index (χ0n) is 10.1. The van der Waals surface area contributed by atoms with Crippen molar-refractivity contribution in [2.24, 2.45) is 0 Å². The molecular formula is C14H11Br2F2N. The van der Waals surface area contributed by atoms with Crippen LogP contribution in [0.4, 0.5) is 8.78 Å². The molecule has 0 saturated heterocycles. The predicted octanol–water partition coefficient (Wildman–Crippen LogP) is 4.80. The third kappa shape index (κ3) is 3.22. The summed E-state index contributed by atoms with van der Waals surface area (Å²) in [5.41, 5.74) is 0.794. The van der Waals surface area contributed by atoms with Crippen molar-refractivity contribution in [1.29, 1.82) is 0 Å². The molecule has 2 rings (SSSR count). The summed E-state index contributed by atoms with van der Waals surface area (Å²) in [5, 5.41) is 2.95. The van der Waals surface area contributed by atoms with Crippen molar-refractivity contribution in [2.75, 3.05) is 7.05 Å². The molecule has 1 unspecified atom stereocenters. The first-order valence-electron chi connectivity index (χ1n) is 5.60. The molecule has 2 aromatic rings. The van der Waals surface area contributed by atoms with Gasteiger partial charge < -0.3 is 5.32 Å². The second-order valence-corrected chi connectivity index (χ2v) is 5.89. The molecule has 0 aliphatic carbocycles. The van der Waals surface area contributed by atoms with Crippen molar-refractivity contribution in [2.45, 2.75) is 6.04 Å². The first-order chi connectivity index (χ1) is 9.02. The van der Waals surface area contributed by atoms with Gasteiger partial charge in [-0.25, -0.2) is 8.78 Å². The molecule has 1 atom stereocenters. The van der Waals surface area contributed by atoms with E-state index >= 15 is 0 Å². The van der Waals surface area contributed by atoms with Gasteiger partial charge in [-0.3, -0.25) is 0 Å². The van der Waals surface area contributed by atoms with E-state index < -0.39 is 17.7 Å². The Morgan fingerprint density at radius 1 is 1.00 bits per heavy atom. The van der Waals surface area contributed by atoms with Crippen molar-refractivity contribution >= 4 is 31.9 Å². The Morgan fingerprint density at radius 3 is 2.00 bits per heavy atom. The smallest absolute Gasteiger partial charge is 0.131 e. The summed E-state index contributed by atoms with van der Waals surface area (Å²) in [6.45, 7) is 0. The van der Waals surface area contributed by atoms with Crippen molar-refractivity contribution in [3.63, 3.8) is 0 Å². The lowest BCUT2D eigenvalue weighted by molar-refractivity contribution is 0.522. The zero-order chi connectivity index (χ0) is 14.0. The van der Waals surface area contributed by atoms with Gasteiger partial charge in [-0.2, -0.15) is 0 Å². The molecule has 0 spiro atoms. The lowest BCUT2D eigenvalue weighted by Gasteiger charge is -2.19. The number of rotatable bonds is 3. The minimum atomic E-state index is -0.560. The van der Waals surface area contributed by atoms with Crippen LogP contribution in [0.25, 0.3) is 0 Å². The van der Waals surface area contributed by atoms with E-state index in [2.05, 4.69) is 37.2 Å². The molecular weight excluding hydrogens is 380 g/mol. The predicted molar refractivity (Wildman–Crippen MR) is 79.1 cm³/mol. The SMILES string of the molecule is CNC(c1cc(Br)cc(Br)c1)c1c(F)cccc1F. The van der Waals surface area contributed by atoms with Gasteiger partial charge in [0.15, 0.2) is 0 Å². The van der Waals surface area contributed by atoms with E-state index in [0.717, 1.165) is 14.5 Å².